The summed E-state index contributed by atoms with van der Waals surface area (Å²) in [7, 11) is 0. The summed E-state index contributed by atoms with van der Waals surface area (Å²) in [6.07, 6.45) is 1.49. The topological polar surface area (TPSA) is 73.8 Å². The fraction of sp³-hybridized carbons (Fsp3) is 0.0476. The summed E-state index contributed by atoms with van der Waals surface area (Å²) in [6.45, 7) is 0.110. The lowest BCUT2D eigenvalue weighted by Gasteiger charge is -2.01. The van der Waals surface area contributed by atoms with Gasteiger partial charge in [-0.25, -0.2) is 4.98 Å². The van der Waals surface area contributed by atoms with Gasteiger partial charge in [-0.1, -0.05) is 53.5 Å². The lowest BCUT2D eigenvalue weighted by Crippen LogP contribution is -2.20. The van der Waals surface area contributed by atoms with Crippen LogP contribution in [0.1, 0.15) is 5.89 Å². The van der Waals surface area contributed by atoms with Crippen LogP contribution in [0.25, 0.3) is 32.1 Å². The molecule has 9 heteroatoms. The van der Waals surface area contributed by atoms with Crippen molar-refractivity contribution in [2.75, 3.05) is 0 Å². The first-order valence-corrected chi connectivity index (χ1v) is 10.5. The maximum absolute atomic E-state index is 13.0. The second-order valence-corrected chi connectivity index (χ2v) is 8.39. The Morgan fingerprint density at radius 2 is 1.87 bits per heavy atom. The number of nitrogens with zero attached hydrogens (tertiary/aromatic N) is 4. The zero-order chi connectivity index (χ0) is 20.7. The number of halogens is 2. The van der Waals surface area contributed by atoms with Crippen molar-refractivity contribution in [1.29, 1.82) is 0 Å². The molecule has 0 unspecified atom stereocenters. The second-order valence-electron chi connectivity index (χ2n) is 6.49. The van der Waals surface area contributed by atoms with Crippen molar-refractivity contribution in [3.05, 3.63) is 87.2 Å². The van der Waals surface area contributed by atoms with Crippen LogP contribution in [0.5, 0.6) is 0 Å². The van der Waals surface area contributed by atoms with Gasteiger partial charge in [0, 0.05) is 9.90 Å². The molecular formula is C21H12Cl2N4O2S. The molecule has 148 valence electrons. The summed E-state index contributed by atoms with van der Waals surface area (Å²) in [5, 5.41) is 8.99. The fourth-order valence-electron chi connectivity index (χ4n) is 3.04. The standard InChI is InChI=1S/C21H12Cl2N4O2S/c22-13-6-7-14(15(23)8-13)20-26-25-18(29-20)10-27-11-24-16-9-17(30-19(16)21(27)28)12-4-2-1-3-5-12/h1-9,11H,10H2. The molecule has 6 nitrogen and oxygen atoms in total. The van der Waals surface area contributed by atoms with Gasteiger partial charge in [0.05, 0.1) is 22.4 Å². The van der Waals surface area contributed by atoms with Gasteiger partial charge in [0.15, 0.2) is 0 Å². The number of rotatable bonds is 4. The van der Waals surface area contributed by atoms with Crippen molar-refractivity contribution < 1.29 is 4.42 Å². The third kappa shape index (κ3) is 3.52. The van der Waals surface area contributed by atoms with E-state index in [1.807, 2.05) is 36.4 Å². The fourth-order valence-corrected chi connectivity index (χ4v) is 4.59. The van der Waals surface area contributed by atoms with Crippen LogP contribution in [0.3, 0.4) is 0 Å². The molecule has 0 radical (unpaired) electrons. The third-order valence-electron chi connectivity index (χ3n) is 4.50. The molecule has 0 bridgehead atoms. The molecule has 0 aliphatic carbocycles. The van der Waals surface area contributed by atoms with Crippen LogP contribution in [0, 0.1) is 0 Å². The third-order valence-corrected chi connectivity index (χ3v) is 6.21. The predicted molar refractivity (Wildman–Crippen MR) is 118 cm³/mol. The van der Waals surface area contributed by atoms with Crippen LogP contribution in [0.2, 0.25) is 10.0 Å². The SMILES string of the molecule is O=c1c2sc(-c3ccccc3)cc2ncn1Cc1nnc(-c2ccc(Cl)cc2Cl)o1. The number of aromatic nitrogens is 4. The number of hydrogen-bond donors (Lipinski definition) is 0. The van der Waals surface area contributed by atoms with Gasteiger partial charge in [-0.2, -0.15) is 0 Å². The molecule has 2 aromatic carbocycles. The maximum atomic E-state index is 13.0. The first-order chi connectivity index (χ1) is 14.6. The number of fused-ring (bicyclic) bond motifs is 1. The summed E-state index contributed by atoms with van der Waals surface area (Å²) < 4.78 is 7.74. The molecule has 0 saturated carbocycles. The smallest absolute Gasteiger partial charge is 0.271 e. The highest BCUT2D eigenvalue weighted by Crippen LogP contribution is 2.31. The van der Waals surface area contributed by atoms with Crippen molar-refractivity contribution in [3.63, 3.8) is 0 Å². The van der Waals surface area contributed by atoms with Crippen molar-refractivity contribution in [2.24, 2.45) is 0 Å². The van der Waals surface area contributed by atoms with E-state index >= 15 is 0 Å². The Labute approximate surface area is 184 Å². The normalized spacial score (nSPS) is 11.3. The van der Waals surface area contributed by atoms with Gasteiger partial charge in [0.25, 0.3) is 5.56 Å². The van der Waals surface area contributed by atoms with E-state index in [0.29, 0.717) is 25.8 Å². The highest BCUT2D eigenvalue weighted by atomic mass is 35.5. The Morgan fingerprint density at radius 3 is 2.67 bits per heavy atom. The molecule has 3 heterocycles. The first-order valence-electron chi connectivity index (χ1n) is 8.91. The molecule has 0 fully saturated rings. The quantitative estimate of drug-likeness (QED) is 0.356. The van der Waals surface area contributed by atoms with E-state index in [2.05, 4.69) is 15.2 Å². The molecule has 30 heavy (non-hydrogen) atoms. The van der Waals surface area contributed by atoms with Crippen LogP contribution < -0.4 is 5.56 Å². The molecule has 0 aliphatic rings. The zero-order valence-electron chi connectivity index (χ0n) is 15.3. The highest BCUT2D eigenvalue weighted by molar-refractivity contribution is 7.22. The summed E-state index contributed by atoms with van der Waals surface area (Å²) in [6, 6.07) is 16.8. The van der Waals surface area contributed by atoms with Gasteiger partial charge >= 0.3 is 0 Å². The molecule has 3 aromatic heterocycles. The maximum Gasteiger partial charge on any atom is 0.271 e. The molecular weight excluding hydrogens is 443 g/mol. The van der Waals surface area contributed by atoms with Crippen LogP contribution in [-0.2, 0) is 6.54 Å². The number of hydrogen-bond acceptors (Lipinski definition) is 6. The summed E-state index contributed by atoms with van der Waals surface area (Å²) >= 11 is 13.5. The van der Waals surface area contributed by atoms with Gasteiger partial charge in [0.1, 0.15) is 11.2 Å². The summed E-state index contributed by atoms with van der Waals surface area (Å²) in [4.78, 5) is 18.4. The Hall–Kier alpha value is -3.00. The van der Waals surface area contributed by atoms with E-state index in [4.69, 9.17) is 27.6 Å². The zero-order valence-corrected chi connectivity index (χ0v) is 17.6. The van der Waals surface area contributed by atoms with Crippen LogP contribution >= 0.6 is 34.5 Å². The number of thiophene rings is 1. The van der Waals surface area contributed by atoms with Gasteiger partial charge in [0.2, 0.25) is 11.8 Å². The minimum absolute atomic E-state index is 0.110. The summed E-state index contributed by atoms with van der Waals surface area (Å²) in [5.74, 6) is 0.537. The second kappa shape index (κ2) is 7.68. The number of benzene rings is 2. The molecule has 0 spiro atoms. The van der Waals surface area contributed by atoms with Gasteiger partial charge in [-0.15, -0.1) is 21.5 Å². The Kier molecular flexibility index (Phi) is 4.86. The van der Waals surface area contributed by atoms with E-state index in [-0.39, 0.29) is 23.9 Å². The van der Waals surface area contributed by atoms with E-state index in [1.165, 1.54) is 22.2 Å². The highest BCUT2D eigenvalue weighted by Gasteiger charge is 2.15. The monoisotopic (exact) mass is 454 g/mol. The van der Waals surface area contributed by atoms with Gasteiger partial charge in [-0.3, -0.25) is 9.36 Å². The first kappa shape index (κ1) is 19.0. The van der Waals surface area contributed by atoms with E-state index in [1.54, 1.807) is 18.2 Å². The predicted octanol–water partition coefficient (Wildman–Crippen LogP) is 5.53. The minimum atomic E-state index is -0.156. The van der Waals surface area contributed by atoms with Crippen LogP contribution in [-0.4, -0.2) is 19.7 Å². The van der Waals surface area contributed by atoms with Crippen LogP contribution in [0.15, 0.2) is 70.1 Å². The van der Waals surface area contributed by atoms with Gasteiger partial charge in [-0.05, 0) is 29.8 Å². The van der Waals surface area contributed by atoms with Crippen molar-refractivity contribution in [1.82, 2.24) is 19.7 Å². The minimum Gasteiger partial charge on any atom is -0.419 e. The molecule has 5 aromatic rings. The van der Waals surface area contributed by atoms with Gasteiger partial charge < -0.3 is 4.42 Å². The Bertz CT molecular complexity index is 1430. The molecule has 0 aliphatic heterocycles. The molecule has 0 amide bonds. The van der Waals surface area contributed by atoms with E-state index < -0.39 is 0 Å². The van der Waals surface area contributed by atoms with Crippen LogP contribution in [0.4, 0.5) is 0 Å². The van der Waals surface area contributed by atoms with Crippen molar-refractivity contribution in [2.45, 2.75) is 6.54 Å². The lowest BCUT2D eigenvalue weighted by atomic mass is 10.2. The van der Waals surface area contributed by atoms with E-state index in [9.17, 15) is 4.79 Å². The molecule has 0 saturated heterocycles. The average Bonchev–Trinajstić information content (AvgIpc) is 3.38. The van der Waals surface area contributed by atoms with Crippen molar-refractivity contribution in [3.8, 4) is 21.9 Å². The molecule has 0 atom stereocenters. The molecule has 0 N–H and O–H groups in total. The summed E-state index contributed by atoms with van der Waals surface area (Å²) in [5.41, 5.74) is 2.13. The Balaban J connectivity index is 1.47. The van der Waals surface area contributed by atoms with Crippen molar-refractivity contribution >= 4 is 44.8 Å². The Morgan fingerprint density at radius 1 is 1.03 bits per heavy atom. The molecule has 5 rings (SSSR count). The largest absolute Gasteiger partial charge is 0.419 e. The average molecular weight is 455 g/mol. The van der Waals surface area contributed by atoms with E-state index in [0.717, 1.165) is 10.4 Å². The lowest BCUT2D eigenvalue weighted by molar-refractivity contribution is 0.483.